The molecule has 0 amide bonds. The van der Waals surface area contributed by atoms with E-state index in [1.807, 2.05) is 6.07 Å². The van der Waals surface area contributed by atoms with Crippen LogP contribution in [-0.2, 0) is 6.42 Å². The van der Waals surface area contributed by atoms with Crippen molar-refractivity contribution in [3.8, 4) is 0 Å². The summed E-state index contributed by atoms with van der Waals surface area (Å²) in [7, 11) is 0. The maximum atomic E-state index is 13.8. The lowest BCUT2D eigenvalue weighted by Crippen LogP contribution is -2.26. The van der Waals surface area contributed by atoms with E-state index in [2.05, 4.69) is 24.3 Å². The van der Waals surface area contributed by atoms with Crippen molar-refractivity contribution in [2.24, 2.45) is 11.7 Å². The molecule has 3 atom stereocenters. The van der Waals surface area contributed by atoms with E-state index in [0.717, 1.165) is 6.42 Å². The number of halogens is 2. The molecule has 1 nitrogen and oxygen atoms in total. The molecule has 0 aromatic heterocycles. The molecule has 104 valence electrons. The Labute approximate surface area is 123 Å². The quantitative estimate of drug-likeness (QED) is 0.899. The largest absolute Gasteiger partial charge is 0.327 e. The minimum absolute atomic E-state index is 0.00381. The molecule has 2 aromatic carbocycles. The molecule has 20 heavy (non-hydrogen) atoms. The van der Waals surface area contributed by atoms with Gasteiger partial charge < -0.3 is 5.73 Å². The van der Waals surface area contributed by atoms with Gasteiger partial charge in [-0.15, -0.1) is 0 Å². The van der Waals surface area contributed by atoms with Gasteiger partial charge in [-0.3, -0.25) is 0 Å². The van der Waals surface area contributed by atoms with E-state index < -0.39 is 0 Å². The van der Waals surface area contributed by atoms with Crippen LogP contribution in [0.3, 0.4) is 0 Å². The summed E-state index contributed by atoms with van der Waals surface area (Å²) in [4.78, 5) is 0. The van der Waals surface area contributed by atoms with E-state index in [1.54, 1.807) is 12.1 Å². The summed E-state index contributed by atoms with van der Waals surface area (Å²) in [6.07, 6.45) is 1.66. The van der Waals surface area contributed by atoms with Gasteiger partial charge in [0.15, 0.2) is 0 Å². The second kappa shape index (κ2) is 5.55. The predicted molar refractivity (Wildman–Crippen MR) is 80.4 cm³/mol. The first-order valence-corrected chi connectivity index (χ1v) is 7.27. The Hall–Kier alpha value is -1.38. The second-order valence-electron chi connectivity index (χ2n) is 5.52. The zero-order valence-corrected chi connectivity index (χ0v) is 11.9. The lowest BCUT2D eigenvalue weighted by molar-refractivity contribution is 0.547. The molecule has 1 saturated carbocycles. The van der Waals surface area contributed by atoms with Crippen LogP contribution in [0.4, 0.5) is 4.39 Å². The van der Waals surface area contributed by atoms with Gasteiger partial charge in [0, 0.05) is 11.1 Å². The lowest BCUT2D eigenvalue weighted by Gasteiger charge is -2.12. The van der Waals surface area contributed by atoms with E-state index in [4.69, 9.17) is 17.3 Å². The van der Waals surface area contributed by atoms with Crippen LogP contribution in [0, 0.1) is 11.7 Å². The monoisotopic (exact) mass is 289 g/mol. The number of nitrogens with two attached hydrogens (primary N) is 1. The standard InChI is InChI=1S/C17H17ClFN/c18-13-7-6-12(16(19)9-13)8-17(20)15-10-14(15)11-4-2-1-3-5-11/h1-7,9,14-15,17H,8,10,20H2. The van der Waals surface area contributed by atoms with E-state index in [0.29, 0.717) is 28.8 Å². The number of benzene rings is 2. The van der Waals surface area contributed by atoms with Crippen LogP contribution in [0.5, 0.6) is 0 Å². The van der Waals surface area contributed by atoms with Gasteiger partial charge in [0.2, 0.25) is 0 Å². The van der Waals surface area contributed by atoms with Crippen LogP contribution in [0.15, 0.2) is 48.5 Å². The van der Waals surface area contributed by atoms with Crippen LogP contribution in [0.2, 0.25) is 5.02 Å². The van der Waals surface area contributed by atoms with E-state index >= 15 is 0 Å². The third-order valence-electron chi connectivity index (χ3n) is 4.09. The van der Waals surface area contributed by atoms with Gasteiger partial charge in [-0.25, -0.2) is 4.39 Å². The molecule has 3 heteroatoms. The van der Waals surface area contributed by atoms with Crippen molar-refractivity contribution in [3.63, 3.8) is 0 Å². The second-order valence-corrected chi connectivity index (χ2v) is 5.96. The zero-order chi connectivity index (χ0) is 14.1. The molecule has 0 saturated heterocycles. The maximum Gasteiger partial charge on any atom is 0.127 e. The average molecular weight is 290 g/mol. The van der Waals surface area contributed by atoms with Crippen molar-refractivity contribution in [2.75, 3.05) is 0 Å². The van der Waals surface area contributed by atoms with E-state index in [1.165, 1.54) is 11.6 Å². The highest BCUT2D eigenvalue weighted by Gasteiger charge is 2.42. The van der Waals surface area contributed by atoms with Crippen LogP contribution in [0.25, 0.3) is 0 Å². The fourth-order valence-electron chi connectivity index (χ4n) is 2.86. The van der Waals surface area contributed by atoms with Gasteiger partial charge in [-0.1, -0.05) is 48.0 Å². The Kier molecular flexibility index (Phi) is 3.77. The third kappa shape index (κ3) is 2.87. The molecule has 0 aliphatic heterocycles. The Balaban J connectivity index is 1.65. The maximum absolute atomic E-state index is 13.8. The number of hydrogen-bond acceptors (Lipinski definition) is 1. The first-order chi connectivity index (χ1) is 9.65. The molecular formula is C17H17ClFN. The van der Waals surface area contributed by atoms with Gasteiger partial charge in [-0.2, -0.15) is 0 Å². The van der Waals surface area contributed by atoms with Crippen LogP contribution in [-0.4, -0.2) is 6.04 Å². The van der Waals surface area contributed by atoms with Gasteiger partial charge in [-0.05, 0) is 47.9 Å². The van der Waals surface area contributed by atoms with Crippen molar-refractivity contribution in [1.29, 1.82) is 0 Å². The summed E-state index contributed by atoms with van der Waals surface area (Å²) in [6.45, 7) is 0. The lowest BCUT2D eigenvalue weighted by atomic mass is 9.99. The fourth-order valence-corrected chi connectivity index (χ4v) is 3.02. The highest BCUT2D eigenvalue weighted by molar-refractivity contribution is 6.30. The third-order valence-corrected chi connectivity index (χ3v) is 4.32. The topological polar surface area (TPSA) is 26.0 Å². The molecule has 0 heterocycles. The first-order valence-electron chi connectivity index (χ1n) is 6.89. The minimum Gasteiger partial charge on any atom is -0.327 e. The first kappa shape index (κ1) is 13.6. The molecule has 3 rings (SSSR count). The molecule has 0 bridgehead atoms. The molecule has 1 fully saturated rings. The molecule has 2 N–H and O–H groups in total. The molecule has 0 spiro atoms. The number of hydrogen-bond donors (Lipinski definition) is 1. The normalized spacial score (nSPS) is 22.6. The Bertz CT molecular complexity index is 599. The molecule has 3 unspecified atom stereocenters. The van der Waals surface area contributed by atoms with Crippen LogP contribution < -0.4 is 5.73 Å². The van der Waals surface area contributed by atoms with E-state index in [-0.39, 0.29) is 11.9 Å². The minimum atomic E-state index is -0.259. The Morgan fingerprint density at radius 2 is 1.95 bits per heavy atom. The van der Waals surface area contributed by atoms with Gasteiger partial charge >= 0.3 is 0 Å². The smallest absolute Gasteiger partial charge is 0.127 e. The molecule has 1 aliphatic rings. The summed E-state index contributed by atoms with van der Waals surface area (Å²) >= 11 is 5.76. The average Bonchev–Trinajstić information content (AvgIpc) is 3.23. The van der Waals surface area contributed by atoms with Crippen LogP contribution >= 0.6 is 11.6 Å². The summed E-state index contributed by atoms with van der Waals surface area (Å²) in [5, 5.41) is 0.424. The van der Waals surface area contributed by atoms with Crippen molar-refractivity contribution in [3.05, 3.63) is 70.5 Å². The zero-order valence-electron chi connectivity index (χ0n) is 11.1. The summed E-state index contributed by atoms with van der Waals surface area (Å²) in [5.74, 6) is 0.721. The summed E-state index contributed by atoms with van der Waals surface area (Å²) < 4.78 is 13.8. The van der Waals surface area contributed by atoms with Gasteiger partial charge in [0.25, 0.3) is 0 Å². The SMILES string of the molecule is NC(Cc1ccc(Cl)cc1F)C1CC1c1ccccc1. The van der Waals surface area contributed by atoms with Crippen molar-refractivity contribution < 1.29 is 4.39 Å². The summed E-state index contributed by atoms with van der Waals surface area (Å²) in [5.41, 5.74) is 8.24. The fraction of sp³-hybridized carbons (Fsp3) is 0.294. The Morgan fingerprint density at radius 1 is 1.20 bits per heavy atom. The highest BCUT2D eigenvalue weighted by atomic mass is 35.5. The molecule has 2 aromatic rings. The van der Waals surface area contributed by atoms with Crippen molar-refractivity contribution in [1.82, 2.24) is 0 Å². The van der Waals surface area contributed by atoms with Gasteiger partial charge in [0.1, 0.15) is 5.82 Å². The highest BCUT2D eigenvalue weighted by Crippen LogP contribution is 2.49. The molecule has 1 aliphatic carbocycles. The van der Waals surface area contributed by atoms with Gasteiger partial charge in [0.05, 0.1) is 0 Å². The number of rotatable bonds is 4. The van der Waals surface area contributed by atoms with E-state index in [9.17, 15) is 4.39 Å². The van der Waals surface area contributed by atoms with Crippen LogP contribution in [0.1, 0.15) is 23.5 Å². The van der Waals surface area contributed by atoms with Crippen molar-refractivity contribution >= 4 is 11.6 Å². The van der Waals surface area contributed by atoms with Crippen molar-refractivity contribution in [2.45, 2.75) is 24.8 Å². The molecule has 0 radical (unpaired) electrons. The predicted octanol–water partition coefficient (Wildman–Crippen LogP) is 4.15. The Morgan fingerprint density at radius 3 is 2.65 bits per heavy atom. The summed E-state index contributed by atoms with van der Waals surface area (Å²) in [6, 6.07) is 15.2. The molecular weight excluding hydrogens is 273 g/mol.